The van der Waals surface area contributed by atoms with Crippen molar-refractivity contribution in [3.05, 3.63) is 33.9 Å². The maximum absolute atomic E-state index is 10.6. The van der Waals surface area contributed by atoms with Gasteiger partial charge < -0.3 is 24.4 Å². The van der Waals surface area contributed by atoms with Crippen LogP contribution in [0.4, 0.5) is 0 Å². The van der Waals surface area contributed by atoms with Gasteiger partial charge in [-0.1, -0.05) is 11.6 Å². The summed E-state index contributed by atoms with van der Waals surface area (Å²) in [6, 6.07) is 0. The van der Waals surface area contributed by atoms with Gasteiger partial charge >= 0.3 is 0 Å². The van der Waals surface area contributed by atoms with Crippen LogP contribution in [0.1, 0.15) is 29.2 Å². The molecule has 0 unspecified atom stereocenters. The van der Waals surface area contributed by atoms with Crippen LogP contribution in [0.25, 0.3) is 0 Å². The highest BCUT2D eigenvalue weighted by atomic mass is 31.2. The SMILES string of the molecule is COc1c(C)c2c(c(O)c1C/C=C(\C)COCP(O)O)COOC2. The van der Waals surface area contributed by atoms with Gasteiger partial charge in [0.1, 0.15) is 31.1 Å². The average molecular weight is 358 g/mol. The van der Waals surface area contributed by atoms with E-state index in [1.165, 1.54) is 0 Å². The molecule has 7 nitrogen and oxygen atoms in total. The Kier molecular flexibility index (Phi) is 6.98. The maximum atomic E-state index is 10.6. The topological polar surface area (TPSA) is 97.6 Å². The van der Waals surface area contributed by atoms with Gasteiger partial charge in [-0.05, 0) is 31.4 Å². The fourth-order valence-corrected chi connectivity index (χ4v) is 2.92. The van der Waals surface area contributed by atoms with Crippen LogP contribution in [0.2, 0.25) is 0 Å². The third-order valence-electron chi connectivity index (χ3n) is 3.89. The Labute approximate surface area is 142 Å². The monoisotopic (exact) mass is 358 g/mol. The molecule has 0 radical (unpaired) electrons. The predicted octanol–water partition coefficient (Wildman–Crippen LogP) is 2.43. The van der Waals surface area contributed by atoms with E-state index in [2.05, 4.69) is 0 Å². The first kappa shape index (κ1) is 19.1. The number of allylic oxidation sites excluding steroid dienone is 1. The first-order valence-electron chi connectivity index (χ1n) is 7.48. The molecule has 0 saturated carbocycles. The van der Waals surface area contributed by atoms with E-state index in [1.807, 2.05) is 19.9 Å². The van der Waals surface area contributed by atoms with E-state index in [4.69, 9.17) is 29.0 Å². The molecular formula is C16H23O7P. The lowest BCUT2D eigenvalue weighted by atomic mass is 9.94. The molecule has 0 amide bonds. The number of benzene rings is 1. The molecule has 2 rings (SSSR count). The molecule has 1 heterocycles. The van der Waals surface area contributed by atoms with E-state index >= 15 is 0 Å². The van der Waals surface area contributed by atoms with Gasteiger partial charge in [0.15, 0.2) is 8.38 Å². The van der Waals surface area contributed by atoms with Crippen LogP contribution in [0.5, 0.6) is 11.5 Å². The summed E-state index contributed by atoms with van der Waals surface area (Å²) in [5.74, 6) is 0.797. The van der Waals surface area contributed by atoms with Gasteiger partial charge in [0, 0.05) is 11.1 Å². The molecule has 3 N–H and O–H groups in total. The quantitative estimate of drug-likeness (QED) is 0.391. The van der Waals surface area contributed by atoms with Gasteiger partial charge in [-0.2, -0.15) is 0 Å². The lowest BCUT2D eigenvalue weighted by molar-refractivity contribution is -0.322. The van der Waals surface area contributed by atoms with Gasteiger partial charge in [-0.15, -0.1) is 0 Å². The average Bonchev–Trinajstić information content (AvgIpc) is 2.56. The fraction of sp³-hybridized carbons (Fsp3) is 0.500. The zero-order chi connectivity index (χ0) is 17.7. The van der Waals surface area contributed by atoms with E-state index in [9.17, 15) is 5.11 Å². The number of rotatable bonds is 7. The van der Waals surface area contributed by atoms with Gasteiger partial charge in [0.25, 0.3) is 0 Å². The normalized spacial score (nSPS) is 14.8. The smallest absolute Gasteiger partial charge is 0.192 e. The molecule has 24 heavy (non-hydrogen) atoms. The molecule has 1 aromatic carbocycles. The second-order valence-corrected chi connectivity index (χ2v) is 6.57. The number of phenols is 1. The highest BCUT2D eigenvalue weighted by Crippen LogP contribution is 2.41. The minimum absolute atomic E-state index is 0.0790. The minimum Gasteiger partial charge on any atom is -0.507 e. The Bertz CT molecular complexity index is 613. The maximum Gasteiger partial charge on any atom is 0.192 e. The Balaban J connectivity index is 2.21. The number of hydrogen-bond acceptors (Lipinski definition) is 7. The Morgan fingerprint density at radius 1 is 1.25 bits per heavy atom. The van der Waals surface area contributed by atoms with E-state index in [0.717, 1.165) is 22.3 Å². The van der Waals surface area contributed by atoms with Crippen LogP contribution in [0, 0.1) is 6.92 Å². The standard InChI is InChI=1S/C16H23O7P/c1-10(6-21-9-24(18)19)4-5-12-15(17)14-8-23-22-7-13(14)11(2)16(12)20-3/h4,17-19H,5-9H2,1-3H3/b10-4+. The first-order chi connectivity index (χ1) is 11.5. The minimum atomic E-state index is -2.04. The fourth-order valence-electron chi connectivity index (χ4n) is 2.66. The molecule has 0 aliphatic carbocycles. The highest BCUT2D eigenvalue weighted by Gasteiger charge is 2.24. The van der Waals surface area contributed by atoms with E-state index < -0.39 is 8.38 Å². The van der Waals surface area contributed by atoms with Crippen molar-refractivity contribution in [3.63, 3.8) is 0 Å². The second kappa shape index (κ2) is 8.76. The third-order valence-corrected chi connectivity index (χ3v) is 4.30. The van der Waals surface area contributed by atoms with Gasteiger partial charge in [0.2, 0.25) is 0 Å². The molecule has 1 aromatic rings. The first-order valence-corrected chi connectivity index (χ1v) is 8.92. The molecule has 1 aliphatic rings. The molecule has 0 aromatic heterocycles. The van der Waals surface area contributed by atoms with Crippen LogP contribution < -0.4 is 4.74 Å². The zero-order valence-electron chi connectivity index (χ0n) is 14.0. The summed E-state index contributed by atoms with van der Waals surface area (Å²) < 4.78 is 10.7. The van der Waals surface area contributed by atoms with E-state index in [0.29, 0.717) is 24.3 Å². The number of aromatic hydroxyl groups is 1. The van der Waals surface area contributed by atoms with Crippen molar-refractivity contribution in [2.24, 2.45) is 0 Å². The summed E-state index contributed by atoms with van der Waals surface area (Å²) in [4.78, 5) is 27.6. The predicted molar refractivity (Wildman–Crippen MR) is 88.6 cm³/mol. The van der Waals surface area contributed by atoms with Gasteiger partial charge in [0.05, 0.1) is 13.7 Å². The summed E-state index contributed by atoms with van der Waals surface area (Å²) in [6.45, 7) is 4.58. The van der Waals surface area contributed by atoms with Crippen molar-refractivity contribution >= 4 is 8.38 Å². The number of hydrogen-bond donors (Lipinski definition) is 3. The summed E-state index contributed by atoms with van der Waals surface area (Å²) >= 11 is 0. The van der Waals surface area contributed by atoms with E-state index in [-0.39, 0.29) is 25.3 Å². The lowest BCUT2D eigenvalue weighted by Gasteiger charge is -2.23. The Morgan fingerprint density at radius 2 is 1.92 bits per heavy atom. The summed E-state index contributed by atoms with van der Waals surface area (Å²) in [7, 11) is -0.471. The number of methoxy groups -OCH3 is 1. The molecule has 1 aliphatic heterocycles. The van der Waals surface area contributed by atoms with Crippen LogP contribution >= 0.6 is 8.38 Å². The van der Waals surface area contributed by atoms with Crippen LogP contribution in [-0.4, -0.2) is 35.0 Å². The van der Waals surface area contributed by atoms with Gasteiger partial charge in [-0.25, -0.2) is 9.78 Å². The summed E-state index contributed by atoms with van der Waals surface area (Å²) in [6.07, 6.45) is 2.30. The van der Waals surface area contributed by atoms with Crippen LogP contribution in [0.15, 0.2) is 11.6 Å². The molecule has 134 valence electrons. The second-order valence-electron chi connectivity index (χ2n) is 5.57. The van der Waals surface area contributed by atoms with Crippen molar-refractivity contribution in [1.29, 1.82) is 0 Å². The van der Waals surface area contributed by atoms with Crippen LogP contribution in [-0.2, 0) is 34.1 Å². The van der Waals surface area contributed by atoms with Crippen molar-refractivity contribution in [3.8, 4) is 11.5 Å². The highest BCUT2D eigenvalue weighted by molar-refractivity contribution is 7.44. The largest absolute Gasteiger partial charge is 0.507 e. The van der Waals surface area contributed by atoms with Crippen LogP contribution in [0.3, 0.4) is 0 Å². The molecule has 8 heteroatoms. The molecule has 0 atom stereocenters. The molecule has 0 bridgehead atoms. The molecule has 0 fully saturated rings. The Morgan fingerprint density at radius 3 is 2.54 bits per heavy atom. The number of phenolic OH excluding ortho intramolecular Hbond substituents is 1. The number of fused-ring (bicyclic) bond motifs is 1. The van der Waals surface area contributed by atoms with E-state index in [1.54, 1.807) is 7.11 Å². The third kappa shape index (κ3) is 4.45. The van der Waals surface area contributed by atoms with Gasteiger partial charge in [-0.3, -0.25) is 0 Å². The molecule has 0 saturated heterocycles. The lowest BCUT2D eigenvalue weighted by Crippen LogP contribution is -2.12. The zero-order valence-corrected chi connectivity index (χ0v) is 14.9. The van der Waals surface area contributed by atoms with Crippen molar-refractivity contribution in [2.75, 3.05) is 20.1 Å². The number of ether oxygens (including phenoxy) is 2. The summed E-state index contributed by atoms with van der Waals surface area (Å²) in [5, 5.41) is 10.6. The Hall–Kier alpha value is -1.21. The van der Waals surface area contributed by atoms with Crippen molar-refractivity contribution < 1.29 is 34.1 Å². The van der Waals surface area contributed by atoms with Crippen molar-refractivity contribution in [2.45, 2.75) is 33.5 Å². The molecular weight excluding hydrogens is 335 g/mol. The summed E-state index contributed by atoms with van der Waals surface area (Å²) in [5.41, 5.74) is 4.15. The molecule has 0 spiro atoms. The van der Waals surface area contributed by atoms with Crippen molar-refractivity contribution in [1.82, 2.24) is 0 Å².